The molecule has 7 nitrogen and oxygen atoms in total. The van der Waals surface area contributed by atoms with Gasteiger partial charge in [0, 0.05) is 17.5 Å². The first-order chi connectivity index (χ1) is 14.3. The van der Waals surface area contributed by atoms with E-state index in [0.29, 0.717) is 22.7 Å². The van der Waals surface area contributed by atoms with Crippen LogP contribution in [0.3, 0.4) is 0 Å². The highest BCUT2D eigenvalue weighted by molar-refractivity contribution is 7.17. The Morgan fingerprint density at radius 3 is 2.67 bits per heavy atom. The molecule has 2 aromatic heterocycles. The van der Waals surface area contributed by atoms with E-state index in [2.05, 4.69) is 29.5 Å². The molecule has 30 heavy (non-hydrogen) atoms. The first-order valence-electron chi connectivity index (χ1n) is 9.88. The lowest BCUT2D eigenvalue weighted by atomic mass is 10.0. The van der Waals surface area contributed by atoms with Gasteiger partial charge in [0.25, 0.3) is 5.56 Å². The number of carbonyl (C=O) groups is 2. The third kappa shape index (κ3) is 4.94. The Morgan fingerprint density at radius 2 is 1.97 bits per heavy atom. The standard InChI is InChI=1S/C22H26N4O3S/c1-13(2)7-8-23-22(29)25-18(27)10-26-12-24-20-19(21(26)28)17(11-30-20)16-6-5-14(3)15(4)9-16/h5-6,9,11-13H,7-8,10H2,1-4H3,(H2,23,25,27,29). The number of aromatic nitrogens is 2. The molecule has 3 amide bonds. The summed E-state index contributed by atoms with van der Waals surface area (Å²) in [6, 6.07) is 5.49. The molecule has 0 aliphatic rings. The number of imide groups is 1. The van der Waals surface area contributed by atoms with Crippen molar-refractivity contribution in [3.63, 3.8) is 0 Å². The van der Waals surface area contributed by atoms with Crippen LogP contribution in [0.15, 0.2) is 34.7 Å². The molecule has 2 heterocycles. The van der Waals surface area contributed by atoms with Crippen LogP contribution in [0.4, 0.5) is 4.79 Å². The molecule has 8 heteroatoms. The van der Waals surface area contributed by atoms with E-state index >= 15 is 0 Å². The van der Waals surface area contributed by atoms with Gasteiger partial charge in [-0.05, 0) is 42.9 Å². The van der Waals surface area contributed by atoms with Crippen LogP contribution in [0.2, 0.25) is 0 Å². The molecular formula is C22H26N4O3S. The molecule has 0 radical (unpaired) electrons. The van der Waals surface area contributed by atoms with Gasteiger partial charge in [-0.1, -0.05) is 32.0 Å². The summed E-state index contributed by atoms with van der Waals surface area (Å²) < 4.78 is 1.23. The Kier molecular flexibility index (Phi) is 6.66. The summed E-state index contributed by atoms with van der Waals surface area (Å²) in [7, 11) is 0. The number of benzene rings is 1. The molecule has 2 N–H and O–H groups in total. The molecule has 0 spiro atoms. The molecule has 0 atom stereocenters. The topological polar surface area (TPSA) is 93.1 Å². The quantitative estimate of drug-likeness (QED) is 0.630. The number of aryl methyl sites for hydroxylation is 2. The Labute approximate surface area is 179 Å². The molecule has 0 saturated carbocycles. The van der Waals surface area contributed by atoms with Crippen molar-refractivity contribution in [3.8, 4) is 11.1 Å². The fourth-order valence-electron chi connectivity index (χ4n) is 3.04. The fraction of sp³-hybridized carbons (Fsp3) is 0.364. The lowest BCUT2D eigenvalue weighted by Crippen LogP contribution is -2.42. The molecular weight excluding hydrogens is 400 g/mol. The third-order valence-electron chi connectivity index (χ3n) is 4.95. The van der Waals surface area contributed by atoms with E-state index in [1.54, 1.807) is 0 Å². The van der Waals surface area contributed by atoms with Crippen LogP contribution in [0.25, 0.3) is 21.3 Å². The molecule has 158 valence electrons. The van der Waals surface area contributed by atoms with Crippen molar-refractivity contribution in [1.29, 1.82) is 0 Å². The smallest absolute Gasteiger partial charge is 0.321 e. The molecule has 0 aliphatic carbocycles. The molecule has 0 bridgehead atoms. The van der Waals surface area contributed by atoms with Crippen LogP contribution in [0, 0.1) is 19.8 Å². The lowest BCUT2D eigenvalue weighted by Gasteiger charge is -2.09. The Balaban J connectivity index is 1.80. The number of nitrogens with one attached hydrogen (secondary N) is 2. The highest BCUT2D eigenvalue weighted by atomic mass is 32.1. The van der Waals surface area contributed by atoms with Gasteiger partial charge >= 0.3 is 6.03 Å². The van der Waals surface area contributed by atoms with Gasteiger partial charge in [-0.25, -0.2) is 9.78 Å². The molecule has 3 rings (SSSR count). The van der Waals surface area contributed by atoms with Crippen molar-refractivity contribution >= 4 is 33.5 Å². The van der Waals surface area contributed by atoms with E-state index in [4.69, 9.17) is 0 Å². The van der Waals surface area contributed by atoms with Crippen LogP contribution in [-0.4, -0.2) is 28.0 Å². The maximum atomic E-state index is 13.1. The predicted molar refractivity (Wildman–Crippen MR) is 120 cm³/mol. The minimum absolute atomic E-state index is 0.276. The van der Waals surface area contributed by atoms with Crippen LogP contribution < -0.4 is 16.2 Å². The first kappa shape index (κ1) is 21.7. The number of hydrogen-bond donors (Lipinski definition) is 2. The van der Waals surface area contributed by atoms with Gasteiger partial charge < -0.3 is 5.32 Å². The van der Waals surface area contributed by atoms with Gasteiger partial charge in [-0.3, -0.25) is 19.5 Å². The Bertz CT molecular complexity index is 1150. The summed E-state index contributed by atoms with van der Waals surface area (Å²) in [5.41, 5.74) is 3.76. The summed E-state index contributed by atoms with van der Waals surface area (Å²) in [5, 5.41) is 7.29. The van der Waals surface area contributed by atoms with Crippen molar-refractivity contribution in [2.75, 3.05) is 6.54 Å². The second kappa shape index (κ2) is 9.21. The van der Waals surface area contributed by atoms with Gasteiger partial charge in [0.1, 0.15) is 11.4 Å². The monoisotopic (exact) mass is 426 g/mol. The van der Waals surface area contributed by atoms with Crippen LogP contribution in [-0.2, 0) is 11.3 Å². The maximum Gasteiger partial charge on any atom is 0.321 e. The SMILES string of the molecule is Cc1ccc(-c2csc3ncn(CC(=O)NC(=O)NCCC(C)C)c(=O)c23)cc1C. The average Bonchev–Trinajstić information content (AvgIpc) is 3.10. The predicted octanol–water partition coefficient (Wildman–Crippen LogP) is 3.61. The largest absolute Gasteiger partial charge is 0.338 e. The van der Waals surface area contributed by atoms with Crippen molar-refractivity contribution in [2.24, 2.45) is 5.92 Å². The number of amides is 3. The van der Waals surface area contributed by atoms with E-state index in [9.17, 15) is 14.4 Å². The van der Waals surface area contributed by atoms with Crippen LogP contribution in [0.5, 0.6) is 0 Å². The zero-order chi connectivity index (χ0) is 21.8. The summed E-state index contributed by atoms with van der Waals surface area (Å²) in [6.07, 6.45) is 2.17. The zero-order valence-corrected chi connectivity index (χ0v) is 18.4. The second-order valence-electron chi connectivity index (χ2n) is 7.79. The maximum absolute atomic E-state index is 13.1. The summed E-state index contributed by atoms with van der Waals surface area (Å²) in [4.78, 5) is 42.1. The summed E-state index contributed by atoms with van der Waals surface area (Å²) >= 11 is 1.39. The van der Waals surface area contributed by atoms with E-state index in [0.717, 1.165) is 23.1 Å². The van der Waals surface area contributed by atoms with Gasteiger partial charge in [0.05, 0.1) is 11.7 Å². The molecule has 0 aliphatic heterocycles. The molecule has 0 unspecified atom stereocenters. The second-order valence-corrected chi connectivity index (χ2v) is 8.65. The first-order valence-corrected chi connectivity index (χ1v) is 10.8. The molecule has 0 saturated heterocycles. The summed E-state index contributed by atoms with van der Waals surface area (Å²) in [5.74, 6) is -0.113. The Hall–Kier alpha value is -3.00. The molecule has 0 fully saturated rings. The third-order valence-corrected chi connectivity index (χ3v) is 5.84. The fourth-order valence-corrected chi connectivity index (χ4v) is 3.95. The summed E-state index contributed by atoms with van der Waals surface area (Å²) in [6.45, 7) is 8.38. The normalized spacial score (nSPS) is 11.1. The number of hydrogen-bond acceptors (Lipinski definition) is 5. The van der Waals surface area contributed by atoms with Crippen molar-refractivity contribution in [3.05, 3.63) is 51.4 Å². The zero-order valence-electron chi connectivity index (χ0n) is 17.6. The highest BCUT2D eigenvalue weighted by Gasteiger charge is 2.16. The van der Waals surface area contributed by atoms with E-state index in [-0.39, 0.29) is 12.1 Å². The van der Waals surface area contributed by atoms with Crippen LogP contribution in [0.1, 0.15) is 31.4 Å². The van der Waals surface area contributed by atoms with Gasteiger partial charge in [0.2, 0.25) is 5.91 Å². The van der Waals surface area contributed by atoms with Crippen LogP contribution >= 0.6 is 11.3 Å². The number of rotatable bonds is 6. The van der Waals surface area contributed by atoms with Gasteiger partial charge in [0.15, 0.2) is 0 Å². The number of fused-ring (bicyclic) bond motifs is 1. The highest BCUT2D eigenvalue weighted by Crippen LogP contribution is 2.31. The average molecular weight is 427 g/mol. The number of thiophene rings is 1. The minimum Gasteiger partial charge on any atom is -0.338 e. The van der Waals surface area contributed by atoms with E-state index in [1.807, 2.05) is 37.4 Å². The van der Waals surface area contributed by atoms with Gasteiger partial charge in [-0.2, -0.15) is 0 Å². The van der Waals surface area contributed by atoms with E-state index < -0.39 is 11.9 Å². The van der Waals surface area contributed by atoms with Crippen molar-refractivity contribution < 1.29 is 9.59 Å². The number of carbonyl (C=O) groups excluding carboxylic acids is 2. The molecule has 1 aromatic carbocycles. The van der Waals surface area contributed by atoms with E-state index in [1.165, 1.54) is 27.8 Å². The molecule has 3 aromatic rings. The Morgan fingerprint density at radius 1 is 1.20 bits per heavy atom. The minimum atomic E-state index is -0.566. The number of nitrogens with zero attached hydrogens (tertiary/aromatic N) is 2. The van der Waals surface area contributed by atoms with Crippen molar-refractivity contribution in [1.82, 2.24) is 20.2 Å². The van der Waals surface area contributed by atoms with Crippen molar-refractivity contribution in [2.45, 2.75) is 40.7 Å². The number of urea groups is 1. The van der Waals surface area contributed by atoms with Gasteiger partial charge in [-0.15, -0.1) is 11.3 Å². The lowest BCUT2D eigenvalue weighted by molar-refractivity contribution is -0.120.